The Balaban J connectivity index is 1.74. The third-order valence-corrected chi connectivity index (χ3v) is 3.10. The molecule has 0 spiro atoms. The monoisotopic (exact) mass is 304 g/mol. The number of benzene rings is 2. The van der Waals surface area contributed by atoms with Crippen LogP contribution in [-0.2, 0) is 0 Å². The third kappa shape index (κ3) is 3.88. The van der Waals surface area contributed by atoms with Crippen molar-refractivity contribution in [3.05, 3.63) is 77.6 Å². The minimum atomic E-state index is 0.460. The van der Waals surface area contributed by atoms with Crippen LogP contribution in [0.15, 0.2) is 70.9 Å². The van der Waals surface area contributed by atoms with Gasteiger partial charge in [-0.2, -0.15) is 14.9 Å². The molecule has 1 aromatic heterocycles. The van der Waals surface area contributed by atoms with Crippen molar-refractivity contribution in [2.24, 2.45) is 10.2 Å². The van der Waals surface area contributed by atoms with Crippen molar-refractivity contribution in [1.29, 1.82) is 0 Å². The Kier molecular flexibility index (Phi) is 4.54. The summed E-state index contributed by atoms with van der Waals surface area (Å²) < 4.78 is 1.61. The highest BCUT2D eigenvalue weighted by Gasteiger charge is 2.05. The molecular weight excluding hydrogens is 288 g/mol. The lowest BCUT2D eigenvalue weighted by atomic mass is 10.2. The van der Waals surface area contributed by atoms with Gasteiger partial charge in [0.15, 0.2) is 5.82 Å². The summed E-state index contributed by atoms with van der Waals surface area (Å²) in [6.07, 6.45) is 3.47. The molecule has 1 N–H and O–H groups in total. The van der Waals surface area contributed by atoms with E-state index in [1.54, 1.807) is 17.1 Å². The number of hydrazone groups is 1. The minimum Gasteiger partial charge on any atom is -0.244 e. The van der Waals surface area contributed by atoms with Crippen LogP contribution in [0.4, 0.5) is 5.95 Å². The summed E-state index contributed by atoms with van der Waals surface area (Å²) in [7, 11) is 0. The zero-order valence-electron chi connectivity index (χ0n) is 12.7. The molecule has 0 aliphatic rings. The minimum absolute atomic E-state index is 0.460. The fraction of sp³-hybridized carbons (Fsp3) is 0.0588. The average Bonchev–Trinajstić information content (AvgIpc) is 2.95. The molecule has 6 heteroatoms. The van der Waals surface area contributed by atoms with Gasteiger partial charge in [0.2, 0.25) is 0 Å². The summed E-state index contributed by atoms with van der Waals surface area (Å²) in [5.41, 5.74) is 4.86. The fourth-order valence-corrected chi connectivity index (χ4v) is 1.93. The number of nitrogens with zero attached hydrogens (tertiary/aromatic N) is 5. The van der Waals surface area contributed by atoms with Gasteiger partial charge in [0.25, 0.3) is 5.95 Å². The Morgan fingerprint density at radius 1 is 0.870 bits per heavy atom. The predicted molar refractivity (Wildman–Crippen MR) is 91.9 cm³/mol. The Bertz CT molecular complexity index is 806. The molecule has 0 bridgehead atoms. The summed E-state index contributed by atoms with van der Waals surface area (Å²) >= 11 is 0. The predicted octanol–water partition coefficient (Wildman–Crippen LogP) is 2.91. The molecule has 0 saturated heterocycles. The number of aryl methyl sites for hydroxylation is 1. The van der Waals surface area contributed by atoms with Crippen molar-refractivity contribution >= 4 is 18.4 Å². The molecule has 6 nitrogen and oxygen atoms in total. The van der Waals surface area contributed by atoms with Crippen LogP contribution in [0.5, 0.6) is 0 Å². The highest BCUT2D eigenvalue weighted by Crippen LogP contribution is 2.07. The smallest absolute Gasteiger partial charge is 0.244 e. The van der Waals surface area contributed by atoms with E-state index in [0.29, 0.717) is 11.8 Å². The molecule has 3 rings (SSSR count). The molecule has 114 valence electrons. The Morgan fingerprint density at radius 2 is 1.48 bits per heavy atom. The van der Waals surface area contributed by atoms with Crippen molar-refractivity contribution in [2.75, 3.05) is 5.43 Å². The maximum absolute atomic E-state index is 4.39. The molecule has 2 aromatic carbocycles. The Labute approximate surface area is 134 Å². The lowest BCUT2D eigenvalue weighted by Crippen LogP contribution is -2.01. The van der Waals surface area contributed by atoms with Crippen LogP contribution in [-0.4, -0.2) is 27.3 Å². The summed E-state index contributed by atoms with van der Waals surface area (Å²) in [5.74, 6) is 1.14. The first-order chi connectivity index (χ1) is 11.3. The van der Waals surface area contributed by atoms with E-state index < -0.39 is 0 Å². The van der Waals surface area contributed by atoms with Gasteiger partial charge in [-0.15, -0.1) is 10.2 Å². The van der Waals surface area contributed by atoms with Gasteiger partial charge in [-0.1, -0.05) is 60.7 Å². The van der Waals surface area contributed by atoms with Crippen molar-refractivity contribution < 1.29 is 0 Å². The second-order valence-electron chi connectivity index (χ2n) is 4.82. The second-order valence-corrected chi connectivity index (χ2v) is 4.82. The maximum Gasteiger partial charge on any atom is 0.266 e. The van der Waals surface area contributed by atoms with E-state index in [2.05, 4.69) is 25.8 Å². The molecule has 3 aromatic rings. The van der Waals surface area contributed by atoms with Gasteiger partial charge in [0.05, 0.1) is 12.4 Å². The summed E-state index contributed by atoms with van der Waals surface area (Å²) in [5, 5.41) is 16.6. The van der Waals surface area contributed by atoms with Crippen molar-refractivity contribution in [1.82, 2.24) is 14.9 Å². The molecular formula is C17H16N6. The summed E-state index contributed by atoms with van der Waals surface area (Å²) in [6.45, 7) is 1.83. The highest BCUT2D eigenvalue weighted by molar-refractivity contribution is 5.80. The molecule has 1 heterocycles. The number of nitrogens with one attached hydrogen (secondary N) is 1. The zero-order valence-corrected chi connectivity index (χ0v) is 12.7. The summed E-state index contributed by atoms with van der Waals surface area (Å²) in [6, 6.07) is 19.6. The zero-order chi connectivity index (χ0) is 15.9. The highest BCUT2D eigenvalue weighted by atomic mass is 15.5. The largest absolute Gasteiger partial charge is 0.266 e. The van der Waals surface area contributed by atoms with Crippen LogP contribution in [0.25, 0.3) is 0 Å². The Morgan fingerprint density at radius 3 is 2.13 bits per heavy atom. The van der Waals surface area contributed by atoms with Gasteiger partial charge in [0.1, 0.15) is 0 Å². The van der Waals surface area contributed by atoms with Gasteiger partial charge in [-0.3, -0.25) is 0 Å². The van der Waals surface area contributed by atoms with E-state index in [0.717, 1.165) is 11.1 Å². The number of hydrogen-bond donors (Lipinski definition) is 1. The number of anilines is 1. The van der Waals surface area contributed by atoms with Crippen molar-refractivity contribution in [3.8, 4) is 0 Å². The molecule has 23 heavy (non-hydrogen) atoms. The molecule has 0 fully saturated rings. The van der Waals surface area contributed by atoms with Crippen LogP contribution in [0, 0.1) is 6.92 Å². The first kappa shape index (κ1) is 14.6. The molecule has 0 unspecified atom stereocenters. The van der Waals surface area contributed by atoms with E-state index in [1.165, 1.54) is 0 Å². The van der Waals surface area contributed by atoms with Crippen LogP contribution in [0.1, 0.15) is 17.0 Å². The van der Waals surface area contributed by atoms with Crippen LogP contribution in [0.2, 0.25) is 0 Å². The van der Waals surface area contributed by atoms with Crippen molar-refractivity contribution in [3.63, 3.8) is 0 Å². The van der Waals surface area contributed by atoms with Gasteiger partial charge in [0, 0.05) is 0 Å². The van der Waals surface area contributed by atoms with Gasteiger partial charge >= 0.3 is 0 Å². The quantitative estimate of drug-likeness (QED) is 0.582. The number of aromatic nitrogens is 3. The number of hydrogen-bond acceptors (Lipinski definition) is 5. The van der Waals surface area contributed by atoms with E-state index in [4.69, 9.17) is 0 Å². The molecule has 0 radical (unpaired) electrons. The SMILES string of the molecule is Cc1nnc(N/N=C/c2ccccc2)n1/N=C\c1ccccc1. The van der Waals surface area contributed by atoms with Gasteiger partial charge in [-0.25, -0.2) is 5.43 Å². The topological polar surface area (TPSA) is 67.5 Å². The second kappa shape index (κ2) is 7.13. The molecule has 0 amide bonds. The van der Waals surface area contributed by atoms with E-state index >= 15 is 0 Å². The van der Waals surface area contributed by atoms with E-state index in [1.807, 2.05) is 67.6 Å². The van der Waals surface area contributed by atoms with Crippen LogP contribution in [0.3, 0.4) is 0 Å². The first-order valence-corrected chi connectivity index (χ1v) is 7.18. The summed E-state index contributed by atoms with van der Waals surface area (Å²) in [4.78, 5) is 0. The number of rotatable bonds is 5. The molecule has 0 saturated carbocycles. The van der Waals surface area contributed by atoms with E-state index in [9.17, 15) is 0 Å². The fourth-order valence-electron chi connectivity index (χ4n) is 1.93. The van der Waals surface area contributed by atoms with Gasteiger partial charge in [-0.05, 0) is 18.1 Å². The lowest BCUT2D eigenvalue weighted by Gasteiger charge is -2.01. The normalized spacial score (nSPS) is 11.3. The van der Waals surface area contributed by atoms with Crippen LogP contribution >= 0.6 is 0 Å². The molecule has 0 aliphatic heterocycles. The third-order valence-electron chi connectivity index (χ3n) is 3.10. The standard InChI is InChI=1S/C17H16N6/c1-14-20-22-17(21-18-12-15-8-4-2-5-9-15)23(14)19-13-16-10-6-3-7-11-16/h2-13H,1H3,(H,21,22)/b18-12+,19-13-. The van der Waals surface area contributed by atoms with Crippen molar-refractivity contribution in [2.45, 2.75) is 6.92 Å². The lowest BCUT2D eigenvalue weighted by molar-refractivity contribution is 0.834. The molecule has 0 atom stereocenters. The maximum atomic E-state index is 4.39. The first-order valence-electron chi connectivity index (χ1n) is 7.18. The average molecular weight is 304 g/mol. The van der Waals surface area contributed by atoms with E-state index in [-0.39, 0.29) is 0 Å². The Hall–Kier alpha value is -3.28. The van der Waals surface area contributed by atoms with Crippen LogP contribution < -0.4 is 5.43 Å². The molecule has 0 aliphatic carbocycles. The van der Waals surface area contributed by atoms with Gasteiger partial charge < -0.3 is 0 Å².